The van der Waals surface area contributed by atoms with E-state index in [9.17, 15) is 14.0 Å². The first-order valence-electron chi connectivity index (χ1n) is 7.30. The predicted molar refractivity (Wildman–Crippen MR) is 78.1 cm³/mol. The third kappa shape index (κ3) is 4.03. The Morgan fingerprint density at radius 2 is 1.90 bits per heavy atom. The summed E-state index contributed by atoms with van der Waals surface area (Å²) < 4.78 is 13.6. The normalized spacial score (nSPS) is 20.2. The smallest absolute Gasteiger partial charge is 0.223 e. The van der Waals surface area contributed by atoms with Crippen LogP contribution in [0.25, 0.3) is 0 Å². The lowest BCUT2D eigenvalue weighted by atomic mass is 10.1. The molecule has 2 rings (SSSR count). The van der Waals surface area contributed by atoms with E-state index >= 15 is 0 Å². The molecular weight excluding hydrogens is 271 g/mol. The Bertz CT molecular complexity index is 531. The molecule has 2 atom stereocenters. The molecule has 2 unspecified atom stereocenters. The lowest BCUT2D eigenvalue weighted by Crippen LogP contribution is -2.37. The van der Waals surface area contributed by atoms with Crippen LogP contribution in [0.3, 0.4) is 0 Å². The maximum atomic E-state index is 13.6. The summed E-state index contributed by atoms with van der Waals surface area (Å²) in [6.07, 6.45) is 0.686. The molecule has 0 aliphatic heterocycles. The second-order valence-electron chi connectivity index (χ2n) is 5.71. The molecule has 0 bridgehead atoms. The van der Waals surface area contributed by atoms with Crippen LogP contribution >= 0.6 is 0 Å². The molecule has 1 aromatic carbocycles. The van der Waals surface area contributed by atoms with Gasteiger partial charge in [0.2, 0.25) is 11.8 Å². The fourth-order valence-electron chi connectivity index (χ4n) is 2.31. The quantitative estimate of drug-likeness (QED) is 0.786. The van der Waals surface area contributed by atoms with Crippen LogP contribution in [0.5, 0.6) is 0 Å². The van der Waals surface area contributed by atoms with E-state index in [-0.39, 0.29) is 35.4 Å². The zero-order chi connectivity index (χ0) is 15.4. The molecule has 4 nitrogen and oxygen atoms in total. The van der Waals surface area contributed by atoms with Gasteiger partial charge in [-0.3, -0.25) is 9.59 Å². The van der Waals surface area contributed by atoms with Crippen molar-refractivity contribution in [3.05, 3.63) is 35.6 Å². The maximum Gasteiger partial charge on any atom is 0.223 e. The molecule has 1 saturated carbocycles. The molecule has 0 aromatic heterocycles. The second kappa shape index (κ2) is 6.70. The van der Waals surface area contributed by atoms with Gasteiger partial charge in [-0.1, -0.05) is 32.0 Å². The zero-order valence-corrected chi connectivity index (χ0v) is 12.4. The molecule has 2 N–H and O–H groups in total. The van der Waals surface area contributed by atoms with Crippen molar-refractivity contribution in [3.8, 4) is 0 Å². The van der Waals surface area contributed by atoms with Crippen molar-refractivity contribution in [2.75, 3.05) is 13.1 Å². The van der Waals surface area contributed by atoms with Gasteiger partial charge in [0.1, 0.15) is 5.82 Å². The van der Waals surface area contributed by atoms with E-state index in [0.717, 1.165) is 0 Å². The van der Waals surface area contributed by atoms with E-state index in [2.05, 4.69) is 10.6 Å². The van der Waals surface area contributed by atoms with Crippen LogP contribution in [0.2, 0.25) is 0 Å². The largest absolute Gasteiger partial charge is 0.354 e. The van der Waals surface area contributed by atoms with Gasteiger partial charge in [-0.05, 0) is 24.0 Å². The minimum absolute atomic E-state index is 0.0172. The van der Waals surface area contributed by atoms with Gasteiger partial charge in [-0.15, -0.1) is 0 Å². The predicted octanol–water partition coefficient (Wildman–Crippen LogP) is 1.82. The molecule has 1 aliphatic carbocycles. The van der Waals surface area contributed by atoms with Crippen molar-refractivity contribution in [1.29, 1.82) is 0 Å². The monoisotopic (exact) mass is 292 g/mol. The van der Waals surface area contributed by atoms with Crippen LogP contribution < -0.4 is 10.6 Å². The van der Waals surface area contributed by atoms with Gasteiger partial charge in [-0.25, -0.2) is 4.39 Å². The van der Waals surface area contributed by atoms with Gasteiger partial charge in [0, 0.05) is 24.9 Å². The minimum Gasteiger partial charge on any atom is -0.354 e. The summed E-state index contributed by atoms with van der Waals surface area (Å²) >= 11 is 0. The van der Waals surface area contributed by atoms with Crippen molar-refractivity contribution >= 4 is 11.8 Å². The average Bonchev–Trinajstić information content (AvgIpc) is 3.23. The van der Waals surface area contributed by atoms with E-state index in [1.807, 2.05) is 13.8 Å². The fraction of sp³-hybridized carbons (Fsp3) is 0.500. The zero-order valence-electron chi connectivity index (χ0n) is 12.4. The van der Waals surface area contributed by atoms with Crippen molar-refractivity contribution in [3.63, 3.8) is 0 Å². The summed E-state index contributed by atoms with van der Waals surface area (Å²) in [5, 5.41) is 5.52. The first kappa shape index (κ1) is 15.5. The molecule has 2 amide bonds. The number of halogens is 1. The summed E-state index contributed by atoms with van der Waals surface area (Å²) in [6, 6.07) is 6.58. The Labute approximate surface area is 124 Å². The lowest BCUT2D eigenvalue weighted by molar-refractivity contribution is -0.125. The molecule has 0 spiro atoms. The van der Waals surface area contributed by atoms with Crippen LogP contribution in [0.1, 0.15) is 31.7 Å². The fourth-order valence-corrected chi connectivity index (χ4v) is 2.31. The Hall–Kier alpha value is -1.91. The lowest BCUT2D eigenvalue weighted by Gasteiger charge is -2.08. The molecule has 5 heteroatoms. The van der Waals surface area contributed by atoms with E-state index in [4.69, 9.17) is 0 Å². The summed E-state index contributed by atoms with van der Waals surface area (Å²) in [4.78, 5) is 23.3. The Morgan fingerprint density at radius 1 is 1.24 bits per heavy atom. The SMILES string of the molecule is CC(C)C(=O)NCCNC(=O)C1CC1c1ccccc1F. The van der Waals surface area contributed by atoms with Crippen LogP contribution in [-0.4, -0.2) is 24.9 Å². The number of hydrogen-bond donors (Lipinski definition) is 2. The molecule has 1 aromatic rings. The summed E-state index contributed by atoms with van der Waals surface area (Å²) in [5.74, 6) is -0.572. The van der Waals surface area contributed by atoms with Gasteiger partial charge < -0.3 is 10.6 Å². The van der Waals surface area contributed by atoms with Gasteiger partial charge >= 0.3 is 0 Å². The van der Waals surface area contributed by atoms with Crippen molar-refractivity contribution in [1.82, 2.24) is 10.6 Å². The van der Waals surface area contributed by atoms with E-state index < -0.39 is 0 Å². The second-order valence-corrected chi connectivity index (χ2v) is 5.71. The molecule has 0 saturated heterocycles. The summed E-state index contributed by atoms with van der Waals surface area (Å²) in [5.41, 5.74) is 0.616. The highest BCUT2D eigenvalue weighted by Crippen LogP contribution is 2.48. The third-order valence-electron chi connectivity index (χ3n) is 3.68. The molecule has 0 radical (unpaired) electrons. The highest BCUT2D eigenvalue weighted by molar-refractivity contribution is 5.83. The van der Waals surface area contributed by atoms with Gasteiger partial charge in [0.05, 0.1) is 0 Å². The maximum absolute atomic E-state index is 13.6. The number of benzene rings is 1. The van der Waals surface area contributed by atoms with Crippen molar-refractivity contribution in [2.24, 2.45) is 11.8 Å². The number of carbonyl (C=O) groups is 2. The number of nitrogens with one attached hydrogen (secondary N) is 2. The Balaban J connectivity index is 1.72. The minimum atomic E-state index is -0.248. The average molecular weight is 292 g/mol. The van der Waals surface area contributed by atoms with Crippen LogP contribution in [-0.2, 0) is 9.59 Å². The number of hydrogen-bond acceptors (Lipinski definition) is 2. The Kier molecular flexibility index (Phi) is 4.94. The highest BCUT2D eigenvalue weighted by Gasteiger charge is 2.44. The number of rotatable bonds is 6. The number of amides is 2. The van der Waals surface area contributed by atoms with Crippen LogP contribution in [0.4, 0.5) is 4.39 Å². The Morgan fingerprint density at radius 3 is 2.57 bits per heavy atom. The molecule has 114 valence electrons. The number of carbonyl (C=O) groups excluding carboxylic acids is 2. The molecular formula is C16H21FN2O2. The first-order chi connectivity index (χ1) is 10.0. The summed E-state index contributed by atoms with van der Waals surface area (Å²) in [7, 11) is 0. The first-order valence-corrected chi connectivity index (χ1v) is 7.30. The van der Waals surface area contributed by atoms with Gasteiger partial charge in [0.15, 0.2) is 0 Å². The van der Waals surface area contributed by atoms with Crippen molar-refractivity contribution < 1.29 is 14.0 Å². The molecule has 0 heterocycles. The van der Waals surface area contributed by atoms with Crippen LogP contribution in [0.15, 0.2) is 24.3 Å². The van der Waals surface area contributed by atoms with Gasteiger partial charge in [-0.2, -0.15) is 0 Å². The van der Waals surface area contributed by atoms with Gasteiger partial charge in [0.25, 0.3) is 0 Å². The highest BCUT2D eigenvalue weighted by atomic mass is 19.1. The van der Waals surface area contributed by atoms with Crippen molar-refractivity contribution in [2.45, 2.75) is 26.2 Å². The van der Waals surface area contributed by atoms with E-state index in [1.54, 1.807) is 18.2 Å². The standard InChI is InChI=1S/C16H21FN2O2/c1-10(2)15(20)18-7-8-19-16(21)13-9-12(13)11-5-3-4-6-14(11)17/h3-6,10,12-13H,7-9H2,1-2H3,(H,18,20)(H,19,21). The van der Waals surface area contributed by atoms with Crippen LogP contribution in [0, 0.1) is 17.7 Å². The van der Waals surface area contributed by atoms with E-state index in [0.29, 0.717) is 25.1 Å². The molecule has 1 fully saturated rings. The third-order valence-corrected chi connectivity index (χ3v) is 3.68. The molecule has 1 aliphatic rings. The van der Waals surface area contributed by atoms with E-state index in [1.165, 1.54) is 6.07 Å². The topological polar surface area (TPSA) is 58.2 Å². The molecule has 21 heavy (non-hydrogen) atoms. The summed E-state index contributed by atoms with van der Waals surface area (Å²) in [6.45, 7) is 4.45.